The fourth-order valence-corrected chi connectivity index (χ4v) is 4.84. The number of carbonyl (C=O) groups excluding carboxylic acids is 1. The van der Waals surface area contributed by atoms with Crippen LogP contribution in [0.25, 0.3) is 0 Å². The second-order valence-corrected chi connectivity index (χ2v) is 8.09. The minimum atomic E-state index is -0.0623. The number of rotatable bonds is 4. The number of carbonyl (C=O) groups is 1. The number of aryl methyl sites for hydroxylation is 1. The van der Waals surface area contributed by atoms with Crippen molar-refractivity contribution in [2.75, 3.05) is 6.54 Å². The standard InChI is InChI=1S/C17H26N2OS/c1-4-17(9-5-6-10-17)11-19-15(18-13(3)16(19)20)14-8-7-12(2)21-14/h7-8,13,15,18H,4-6,9-11H2,1-3H3. The van der Waals surface area contributed by atoms with Gasteiger partial charge in [0.05, 0.1) is 6.04 Å². The SMILES string of the molecule is CCC1(CN2C(=O)C(C)NC2c2ccc(C)s2)CCCC1. The number of nitrogens with zero attached hydrogens (tertiary/aromatic N) is 1. The maximum absolute atomic E-state index is 12.6. The van der Waals surface area contributed by atoms with E-state index < -0.39 is 0 Å². The quantitative estimate of drug-likeness (QED) is 0.916. The number of amides is 1. The van der Waals surface area contributed by atoms with Gasteiger partial charge in [0.1, 0.15) is 6.17 Å². The second-order valence-electron chi connectivity index (χ2n) is 6.77. The summed E-state index contributed by atoms with van der Waals surface area (Å²) in [6, 6.07) is 4.26. The predicted molar refractivity (Wildman–Crippen MR) is 87.3 cm³/mol. The Morgan fingerprint density at radius 2 is 2.10 bits per heavy atom. The molecule has 2 aliphatic rings. The molecule has 0 spiro atoms. The van der Waals surface area contributed by atoms with E-state index in [9.17, 15) is 4.79 Å². The summed E-state index contributed by atoms with van der Waals surface area (Å²) in [6.45, 7) is 7.32. The van der Waals surface area contributed by atoms with E-state index in [0.29, 0.717) is 5.41 Å². The largest absolute Gasteiger partial charge is 0.320 e. The van der Waals surface area contributed by atoms with Crippen molar-refractivity contribution in [1.29, 1.82) is 0 Å². The van der Waals surface area contributed by atoms with Crippen LogP contribution in [-0.2, 0) is 4.79 Å². The molecule has 1 N–H and O–H groups in total. The average molecular weight is 306 g/mol. The molecule has 3 nitrogen and oxygen atoms in total. The van der Waals surface area contributed by atoms with Crippen LogP contribution in [0, 0.1) is 12.3 Å². The molecule has 2 fully saturated rings. The zero-order chi connectivity index (χ0) is 15.0. The molecule has 0 bridgehead atoms. The van der Waals surface area contributed by atoms with Crippen LogP contribution >= 0.6 is 11.3 Å². The lowest BCUT2D eigenvalue weighted by Gasteiger charge is -2.35. The molecule has 1 aromatic heterocycles. The van der Waals surface area contributed by atoms with Crippen molar-refractivity contribution in [2.24, 2.45) is 5.41 Å². The van der Waals surface area contributed by atoms with E-state index in [1.165, 1.54) is 41.9 Å². The molecule has 4 heteroatoms. The summed E-state index contributed by atoms with van der Waals surface area (Å²) in [5.41, 5.74) is 0.353. The van der Waals surface area contributed by atoms with Gasteiger partial charge in [-0.15, -0.1) is 11.3 Å². The third-order valence-electron chi connectivity index (χ3n) is 5.32. The van der Waals surface area contributed by atoms with Crippen LogP contribution in [0.5, 0.6) is 0 Å². The van der Waals surface area contributed by atoms with Crippen molar-refractivity contribution in [3.8, 4) is 0 Å². The zero-order valence-corrected chi connectivity index (χ0v) is 14.1. The highest BCUT2D eigenvalue weighted by atomic mass is 32.1. The molecule has 21 heavy (non-hydrogen) atoms. The van der Waals surface area contributed by atoms with Gasteiger partial charge in [-0.25, -0.2) is 0 Å². The number of hydrogen-bond acceptors (Lipinski definition) is 3. The zero-order valence-electron chi connectivity index (χ0n) is 13.3. The molecule has 3 rings (SSSR count). The average Bonchev–Trinajstić information content (AvgIpc) is 3.16. The molecule has 1 aliphatic heterocycles. The topological polar surface area (TPSA) is 32.3 Å². The van der Waals surface area contributed by atoms with Crippen molar-refractivity contribution in [3.63, 3.8) is 0 Å². The first kappa shape index (κ1) is 15.0. The number of hydrogen-bond donors (Lipinski definition) is 1. The van der Waals surface area contributed by atoms with Gasteiger partial charge in [-0.1, -0.05) is 19.8 Å². The molecule has 116 valence electrons. The van der Waals surface area contributed by atoms with E-state index in [4.69, 9.17) is 0 Å². The van der Waals surface area contributed by atoms with Gasteiger partial charge in [-0.05, 0) is 50.7 Å². The second kappa shape index (κ2) is 5.73. The van der Waals surface area contributed by atoms with Crippen LogP contribution in [0.15, 0.2) is 12.1 Å². The van der Waals surface area contributed by atoms with Gasteiger partial charge in [0.15, 0.2) is 0 Å². The van der Waals surface area contributed by atoms with Gasteiger partial charge in [-0.3, -0.25) is 10.1 Å². The number of nitrogens with one attached hydrogen (secondary N) is 1. The Morgan fingerprint density at radius 3 is 2.67 bits per heavy atom. The van der Waals surface area contributed by atoms with Crippen LogP contribution in [0.3, 0.4) is 0 Å². The summed E-state index contributed by atoms with van der Waals surface area (Å²) >= 11 is 1.80. The first-order valence-corrected chi connectivity index (χ1v) is 8.99. The molecular weight excluding hydrogens is 280 g/mol. The van der Waals surface area contributed by atoms with Crippen LogP contribution < -0.4 is 5.32 Å². The Balaban J connectivity index is 1.84. The third kappa shape index (κ3) is 2.76. The van der Waals surface area contributed by atoms with Crippen LogP contribution in [0.2, 0.25) is 0 Å². The maximum atomic E-state index is 12.6. The smallest absolute Gasteiger partial charge is 0.241 e. The van der Waals surface area contributed by atoms with Crippen LogP contribution in [0.4, 0.5) is 0 Å². The van der Waals surface area contributed by atoms with Crippen LogP contribution in [0.1, 0.15) is 61.9 Å². The lowest BCUT2D eigenvalue weighted by Crippen LogP contribution is -2.39. The fraction of sp³-hybridized carbons (Fsp3) is 0.706. The summed E-state index contributed by atoms with van der Waals surface area (Å²) < 4.78 is 0. The molecular formula is C17H26N2OS. The van der Waals surface area contributed by atoms with Gasteiger partial charge in [0, 0.05) is 16.3 Å². The van der Waals surface area contributed by atoms with E-state index >= 15 is 0 Å². The fourth-order valence-electron chi connectivity index (χ4n) is 3.89. The maximum Gasteiger partial charge on any atom is 0.241 e. The summed E-state index contributed by atoms with van der Waals surface area (Å²) in [7, 11) is 0. The summed E-state index contributed by atoms with van der Waals surface area (Å²) in [5, 5.41) is 3.49. The Hall–Kier alpha value is -0.870. The molecule has 2 unspecified atom stereocenters. The molecule has 2 atom stereocenters. The molecule has 1 amide bonds. The summed E-state index contributed by atoms with van der Waals surface area (Å²) in [5.74, 6) is 0.269. The molecule has 0 radical (unpaired) electrons. The van der Waals surface area contributed by atoms with Crippen molar-refractivity contribution in [2.45, 2.75) is 65.1 Å². The highest BCUT2D eigenvalue weighted by molar-refractivity contribution is 7.12. The van der Waals surface area contributed by atoms with Gasteiger partial charge >= 0.3 is 0 Å². The van der Waals surface area contributed by atoms with E-state index in [-0.39, 0.29) is 18.1 Å². The molecule has 2 heterocycles. The predicted octanol–water partition coefficient (Wildman–Crippen LogP) is 3.85. The van der Waals surface area contributed by atoms with Crippen molar-refractivity contribution >= 4 is 17.2 Å². The van der Waals surface area contributed by atoms with Gasteiger partial charge in [0.2, 0.25) is 5.91 Å². The first-order valence-electron chi connectivity index (χ1n) is 8.17. The third-order valence-corrected chi connectivity index (χ3v) is 6.38. The van der Waals surface area contributed by atoms with E-state index in [1.807, 2.05) is 6.92 Å². The molecule has 1 saturated heterocycles. The highest BCUT2D eigenvalue weighted by Crippen LogP contribution is 2.44. The van der Waals surface area contributed by atoms with Crippen LogP contribution in [-0.4, -0.2) is 23.4 Å². The minimum absolute atomic E-state index is 0.0623. The van der Waals surface area contributed by atoms with E-state index in [2.05, 4.69) is 36.2 Å². The summed E-state index contributed by atoms with van der Waals surface area (Å²) in [4.78, 5) is 17.3. The number of thiophene rings is 1. The Kier molecular flexibility index (Phi) is 4.10. The molecule has 1 aromatic rings. The Labute approximate surface area is 131 Å². The van der Waals surface area contributed by atoms with E-state index in [0.717, 1.165) is 6.54 Å². The molecule has 1 aliphatic carbocycles. The molecule has 0 aromatic carbocycles. The van der Waals surface area contributed by atoms with Crippen molar-refractivity contribution < 1.29 is 4.79 Å². The Bertz CT molecular complexity index is 519. The lowest BCUT2D eigenvalue weighted by molar-refractivity contribution is -0.131. The molecule has 1 saturated carbocycles. The van der Waals surface area contributed by atoms with Gasteiger partial charge < -0.3 is 4.90 Å². The minimum Gasteiger partial charge on any atom is -0.320 e. The van der Waals surface area contributed by atoms with Gasteiger partial charge in [-0.2, -0.15) is 0 Å². The van der Waals surface area contributed by atoms with Crippen molar-refractivity contribution in [1.82, 2.24) is 10.2 Å². The highest BCUT2D eigenvalue weighted by Gasteiger charge is 2.43. The summed E-state index contributed by atoms with van der Waals surface area (Å²) in [6.07, 6.45) is 6.45. The lowest BCUT2D eigenvalue weighted by atomic mass is 9.82. The first-order chi connectivity index (χ1) is 10.0. The van der Waals surface area contributed by atoms with Crippen molar-refractivity contribution in [3.05, 3.63) is 21.9 Å². The van der Waals surface area contributed by atoms with Gasteiger partial charge in [0.25, 0.3) is 0 Å². The Morgan fingerprint density at radius 1 is 1.38 bits per heavy atom. The normalized spacial score (nSPS) is 28.5. The van der Waals surface area contributed by atoms with E-state index in [1.54, 1.807) is 11.3 Å². The monoisotopic (exact) mass is 306 g/mol.